The second-order valence-corrected chi connectivity index (χ2v) is 12.3. The van der Waals surface area contributed by atoms with Crippen LogP contribution in [-0.2, 0) is 25.7 Å². The third-order valence-electron chi connectivity index (χ3n) is 8.49. The highest BCUT2D eigenvalue weighted by Gasteiger charge is 2.32. The summed E-state index contributed by atoms with van der Waals surface area (Å²) in [5.74, 6) is -2.68. The average molecular weight is 706 g/mol. The number of hydrogen-bond acceptors (Lipinski definition) is 12. The van der Waals surface area contributed by atoms with Gasteiger partial charge in [0.25, 0.3) is 0 Å². The third kappa shape index (κ3) is 9.40. The molecule has 0 radical (unpaired) electrons. The quantitative estimate of drug-likeness (QED) is 0.102. The number of allylic oxidation sites excluding steroid dienone is 1. The summed E-state index contributed by atoms with van der Waals surface area (Å²) in [5, 5.41) is 43.1. The molecule has 51 heavy (non-hydrogen) atoms. The Morgan fingerprint density at radius 3 is 2.59 bits per heavy atom. The van der Waals surface area contributed by atoms with Crippen LogP contribution < -0.4 is 20.1 Å². The van der Waals surface area contributed by atoms with Gasteiger partial charge in [-0.1, -0.05) is 18.2 Å². The lowest BCUT2D eigenvalue weighted by Crippen LogP contribution is -2.36. The lowest BCUT2D eigenvalue weighted by Gasteiger charge is -2.23. The van der Waals surface area contributed by atoms with Crippen LogP contribution in [0.25, 0.3) is 6.08 Å². The van der Waals surface area contributed by atoms with Crippen molar-refractivity contribution in [1.82, 2.24) is 20.4 Å². The molecule has 1 unspecified atom stereocenters. The average Bonchev–Trinajstić information content (AvgIpc) is 3.75. The first kappa shape index (κ1) is 36.4. The van der Waals surface area contributed by atoms with Gasteiger partial charge in [-0.05, 0) is 61.9 Å². The number of aromatic nitrogens is 2. The lowest BCUT2D eigenvalue weighted by atomic mass is 9.84. The summed E-state index contributed by atoms with van der Waals surface area (Å²) in [6, 6.07) is 6.28. The van der Waals surface area contributed by atoms with E-state index >= 15 is 0 Å². The molecule has 2 amide bonds. The van der Waals surface area contributed by atoms with Crippen molar-refractivity contribution in [2.24, 2.45) is 0 Å². The first-order chi connectivity index (χ1) is 24.5. The lowest BCUT2D eigenvalue weighted by molar-refractivity contribution is -0.385. The summed E-state index contributed by atoms with van der Waals surface area (Å²) >= 11 is 0. The highest BCUT2D eigenvalue weighted by Crippen LogP contribution is 2.46. The number of phenolic OH excluding ortho intramolecular Hbond substituents is 2. The maximum absolute atomic E-state index is 13.6. The Morgan fingerprint density at radius 1 is 1.08 bits per heavy atom. The minimum Gasteiger partial charge on any atom is -0.507 e. The van der Waals surface area contributed by atoms with Crippen LogP contribution in [0.4, 0.5) is 5.69 Å². The van der Waals surface area contributed by atoms with E-state index in [9.17, 15) is 39.5 Å². The predicted molar refractivity (Wildman–Crippen MR) is 180 cm³/mol. The van der Waals surface area contributed by atoms with Gasteiger partial charge in [0.1, 0.15) is 41.8 Å². The highest BCUT2D eigenvalue weighted by atomic mass is 16.7. The minimum atomic E-state index is -0.983. The van der Waals surface area contributed by atoms with Crippen molar-refractivity contribution in [2.75, 3.05) is 19.9 Å². The third-order valence-corrected chi connectivity index (χ3v) is 8.49. The van der Waals surface area contributed by atoms with Crippen LogP contribution in [0.5, 0.6) is 23.0 Å². The molecule has 0 fully saturated rings. The number of esters is 1. The number of Topliss-reactive ketones (excluding diaryl/α,β-unsaturated/α-hetero) is 1. The number of benzene rings is 2. The number of aromatic hydroxyl groups is 2. The van der Waals surface area contributed by atoms with E-state index in [0.717, 1.165) is 17.1 Å². The first-order valence-electron chi connectivity index (χ1n) is 16.6. The van der Waals surface area contributed by atoms with Crippen molar-refractivity contribution < 1.29 is 48.5 Å². The monoisotopic (exact) mass is 705 g/mol. The Hall–Kier alpha value is -5.93. The molecule has 2 atom stereocenters. The van der Waals surface area contributed by atoms with E-state index in [0.29, 0.717) is 55.6 Å². The van der Waals surface area contributed by atoms with E-state index < -0.39 is 40.5 Å². The second kappa shape index (κ2) is 16.7. The first-order valence-corrected chi connectivity index (χ1v) is 16.6. The molecule has 4 N–H and O–H groups in total. The number of nitrogens with zero attached hydrogens (tertiary/aromatic N) is 3. The number of ketones is 1. The smallest absolute Gasteiger partial charge is 0.342 e. The van der Waals surface area contributed by atoms with E-state index in [1.807, 2.05) is 0 Å². The van der Waals surface area contributed by atoms with E-state index in [1.165, 1.54) is 6.07 Å². The van der Waals surface area contributed by atoms with Crippen molar-refractivity contribution >= 4 is 35.3 Å². The predicted octanol–water partition coefficient (Wildman–Crippen LogP) is 3.87. The van der Waals surface area contributed by atoms with Gasteiger partial charge in [-0.3, -0.25) is 29.2 Å². The van der Waals surface area contributed by atoms with E-state index in [4.69, 9.17) is 14.2 Å². The van der Waals surface area contributed by atoms with Gasteiger partial charge in [0.05, 0.1) is 11.0 Å². The van der Waals surface area contributed by atoms with Crippen molar-refractivity contribution in [2.45, 2.75) is 70.4 Å². The van der Waals surface area contributed by atoms with Crippen LogP contribution in [0.1, 0.15) is 84.8 Å². The number of hydrogen-bond donors (Lipinski definition) is 4. The van der Waals surface area contributed by atoms with Gasteiger partial charge in [-0.15, -0.1) is 0 Å². The van der Waals surface area contributed by atoms with Gasteiger partial charge in [0.15, 0.2) is 11.5 Å². The SMILES string of the molecule is C[C@H]1CCCC(=O)CCC/C=C/c2cc(O)c(C(CC(=O)NCCNC(=O)Cn3cc([N+](=O)[O-])cn3)c3ccc4c(c3)OCO4)c(O)c2C(=O)O1. The number of nitro groups is 1. The largest absolute Gasteiger partial charge is 0.507 e. The van der Waals surface area contributed by atoms with Crippen LogP contribution in [-0.4, -0.2) is 74.5 Å². The summed E-state index contributed by atoms with van der Waals surface area (Å²) < 4.78 is 17.8. The fourth-order valence-corrected chi connectivity index (χ4v) is 5.93. The minimum absolute atomic E-state index is 0.00713. The molecule has 0 bridgehead atoms. The molecule has 0 aliphatic carbocycles. The van der Waals surface area contributed by atoms with Crippen LogP contribution >= 0.6 is 0 Å². The number of amides is 2. The summed E-state index contributed by atoms with van der Waals surface area (Å²) in [6.45, 7) is 1.48. The summed E-state index contributed by atoms with van der Waals surface area (Å²) in [4.78, 5) is 61.6. The molecule has 2 aromatic carbocycles. The Balaban J connectivity index is 1.37. The zero-order chi connectivity index (χ0) is 36.5. The van der Waals surface area contributed by atoms with Gasteiger partial charge in [0.2, 0.25) is 18.6 Å². The van der Waals surface area contributed by atoms with E-state index in [2.05, 4.69) is 15.7 Å². The Bertz CT molecular complexity index is 1840. The second-order valence-electron chi connectivity index (χ2n) is 12.3. The van der Waals surface area contributed by atoms with Crippen LogP contribution in [0.15, 0.2) is 42.7 Å². The number of carbonyl (C=O) groups excluding carboxylic acids is 4. The molecular weight excluding hydrogens is 666 g/mol. The molecule has 3 heterocycles. The molecule has 270 valence electrons. The van der Waals surface area contributed by atoms with E-state index in [1.54, 1.807) is 37.3 Å². The fourth-order valence-electron chi connectivity index (χ4n) is 5.93. The van der Waals surface area contributed by atoms with Crippen LogP contribution in [0.2, 0.25) is 0 Å². The standard InChI is InChI=1S/C35H39N5O11/c1-21-6-5-9-25(41)8-4-2-3-7-23-14-27(42)33(34(45)32(23)35(46)51-21)26(22-10-11-28-29(15-22)50-20-49-28)16-30(43)36-12-13-37-31(44)19-39-18-24(17-38-39)40(47)48/h3,7,10-11,14-15,17-18,21,26,42,45H,2,4-6,8-9,12-13,16,19-20H2,1H3,(H,36,43)(H,37,44)/b7-3+/t21-,26?/m0/s1. The van der Waals surface area contributed by atoms with Gasteiger partial charge >= 0.3 is 11.7 Å². The summed E-state index contributed by atoms with van der Waals surface area (Å²) in [7, 11) is 0. The molecule has 0 saturated heterocycles. The Kier molecular flexibility index (Phi) is 11.9. The van der Waals surface area contributed by atoms with Gasteiger partial charge in [-0.25, -0.2) is 4.79 Å². The Morgan fingerprint density at radius 2 is 1.82 bits per heavy atom. The molecule has 16 heteroatoms. The number of phenols is 2. The van der Waals surface area contributed by atoms with Crippen molar-refractivity contribution in [3.05, 3.63) is 75.1 Å². The number of cyclic esters (lactones) is 1. The number of ether oxygens (including phenoxy) is 3. The van der Waals surface area contributed by atoms with Gasteiger partial charge in [-0.2, -0.15) is 5.10 Å². The molecule has 5 rings (SSSR count). The van der Waals surface area contributed by atoms with Crippen molar-refractivity contribution in [3.8, 4) is 23.0 Å². The van der Waals surface area contributed by atoms with E-state index in [-0.39, 0.29) is 66.8 Å². The molecule has 0 saturated carbocycles. The molecular formula is C35H39N5O11. The molecule has 2 aliphatic rings. The van der Waals surface area contributed by atoms with Crippen molar-refractivity contribution in [1.29, 1.82) is 0 Å². The Labute approximate surface area is 292 Å². The molecule has 1 aromatic heterocycles. The number of carbonyl (C=O) groups is 4. The maximum Gasteiger partial charge on any atom is 0.342 e. The molecule has 16 nitrogen and oxygen atoms in total. The molecule has 3 aromatic rings. The number of rotatable bonds is 10. The fraction of sp³-hybridized carbons (Fsp3) is 0.400. The van der Waals surface area contributed by atoms with Gasteiger partial charge < -0.3 is 35.1 Å². The van der Waals surface area contributed by atoms with Crippen LogP contribution in [0.3, 0.4) is 0 Å². The molecule has 0 spiro atoms. The zero-order valence-electron chi connectivity index (χ0n) is 28.0. The topological polar surface area (TPSA) is 221 Å². The normalized spacial score (nSPS) is 17.4. The number of nitrogens with one attached hydrogen (secondary N) is 2. The van der Waals surface area contributed by atoms with Crippen molar-refractivity contribution in [3.63, 3.8) is 0 Å². The number of fused-ring (bicyclic) bond motifs is 2. The maximum atomic E-state index is 13.6. The highest BCUT2D eigenvalue weighted by molar-refractivity contribution is 5.98. The van der Waals surface area contributed by atoms with Crippen LogP contribution in [0, 0.1) is 10.1 Å². The summed E-state index contributed by atoms with van der Waals surface area (Å²) in [5.41, 5.74) is 0.191. The van der Waals surface area contributed by atoms with Gasteiger partial charge in [0, 0.05) is 43.8 Å². The molecule has 2 aliphatic heterocycles. The zero-order valence-corrected chi connectivity index (χ0v) is 28.0. The summed E-state index contributed by atoms with van der Waals surface area (Å²) in [6.07, 6.45) is 7.59.